The maximum absolute atomic E-state index is 13.4. The highest BCUT2D eigenvalue weighted by atomic mass is 32.2. The number of hydrogen-bond acceptors (Lipinski definition) is 6. The molecule has 0 unspecified atom stereocenters. The number of nitro benzene ring substituents is 1. The number of nitro groups is 1. The van der Waals surface area contributed by atoms with E-state index >= 15 is 0 Å². The molecule has 1 atom stereocenters. The van der Waals surface area contributed by atoms with Gasteiger partial charge in [-0.15, -0.1) is 16.8 Å². The molecule has 0 aliphatic heterocycles. The summed E-state index contributed by atoms with van der Waals surface area (Å²) in [6.45, 7) is 5.77. The van der Waals surface area contributed by atoms with E-state index in [-0.39, 0.29) is 5.92 Å². The lowest BCUT2D eigenvalue weighted by Gasteiger charge is -2.21. The zero-order chi connectivity index (χ0) is 24.2. The van der Waals surface area contributed by atoms with Crippen molar-refractivity contribution in [2.75, 3.05) is 5.32 Å². The molecule has 1 amide bonds. The first-order valence-electron chi connectivity index (χ1n) is 10.5. The summed E-state index contributed by atoms with van der Waals surface area (Å²) in [6, 6.07) is 2.21. The van der Waals surface area contributed by atoms with Crippen molar-refractivity contribution in [1.29, 1.82) is 0 Å². The number of benzene rings is 1. The highest BCUT2D eigenvalue weighted by Gasteiger charge is 2.36. The molecule has 3 rings (SSSR count). The second-order valence-corrected chi connectivity index (χ2v) is 9.12. The summed E-state index contributed by atoms with van der Waals surface area (Å²) in [5, 5.41) is 21.3. The Balaban J connectivity index is 1.78. The van der Waals surface area contributed by atoms with Crippen molar-refractivity contribution >= 4 is 29.0 Å². The highest BCUT2D eigenvalue weighted by Crippen LogP contribution is 2.38. The third-order valence-corrected chi connectivity index (χ3v) is 6.54. The lowest BCUT2D eigenvalue weighted by Crippen LogP contribution is -2.25. The molecule has 1 saturated carbocycles. The summed E-state index contributed by atoms with van der Waals surface area (Å²) in [5.41, 5.74) is -2.53. The number of halogens is 3. The predicted octanol–water partition coefficient (Wildman–Crippen LogP) is 5.56. The maximum atomic E-state index is 13.4. The minimum absolute atomic E-state index is 0.277. The molecule has 1 fully saturated rings. The molecule has 12 heteroatoms. The van der Waals surface area contributed by atoms with Crippen molar-refractivity contribution in [1.82, 2.24) is 14.8 Å². The van der Waals surface area contributed by atoms with Crippen LogP contribution in [0.3, 0.4) is 0 Å². The number of amides is 1. The number of rotatable bonds is 8. The molecule has 1 aliphatic rings. The highest BCUT2D eigenvalue weighted by molar-refractivity contribution is 8.00. The number of aromatic nitrogens is 3. The summed E-state index contributed by atoms with van der Waals surface area (Å²) in [5.74, 6) is 0.422. The van der Waals surface area contributed by atoms with Crippen molar-refractivity contribution in [3.63, 3.8) is 0 Å². The fraction of sp³-hybridized carbons (Fsp3) is 0.476. The Bertz CT molecular complexity index is 1030. The van der Waals surface area contributed by atoms with Crippen LogP contribution < -0.4 is 5.32 Å². The normalized spacial score (nSPS) is 15.8. The number of anilines is 1. The van der Waals surface area contributed by atoms with E-state index in [9.17, 15) is 28.1 Å². The van der Waals surface area contributed by atoms with Gasteiger partial charge in [0.2, 0.25) is 5.91 Å². The van der Waals surface area contributed by atoms with Crippen LogP contribution in [0.25, 0.3) is 0 Å². The van der Waals surface area contributed by atoms with E-state index in [1.807, 2.05) is 4.57 Å². The molecule has 1 aliphatic carbocycles. The Hall–Kier alpha value is -2.89. The first kappa shape index (κ1) is 24.7. The Labute approximate surface area is 192 Å². The van der Waals surface area contributed by atoms with Crippen LogP contribution in [-0.4, -0.2) is 30.8 Å². The topological polar surface area (TPSA) is 103 Å². The lowest BCUT2D eigenvalue weighted by atomic mass is 9.89. The standard InChI is InChI=1S/C21H24F3N5O3S/c1-3-11-28-18(14-7-5-4-6-8-14)26-27-20(28)33-13(2)19(30)25-17-10-9-15(29(31)32)12-16(17)21(22,23)24/h3,9-10,12-14H,1,4-8,11H2,2H3,(H,25,30)/t13-/m1/s1. The Morgan fingerprint density at radius 2 is 2.06 bits per heavy atom. The van der Waals surface area contributed by atoms with E-state index in [1.54, 1.807) is 13.0 Å². The van der Waals surface area contributed by atoms with E-state index in [4.69, 9.17) is 0 Å². The van der Waals surface area contributed by atoms with Gasteiger partial charge in [0.25, 0.3) is 5.69 Å². The van der Waals surface area contributed by atoms with E-state index in [0.717, 1.165) is 55.4 Å². The molecule has 33 heavy (non-hydrogen) atoms. The summed E-state index contributed by atoms with van der Waals surface area (Å²) < 4.78 is 42.1. The van der Waals surface area contributed by atoms with Crippen LogP contribution in [0.15, 0.2) is 36.0 Å². The fourth-order valence-corrected chi connectivity index (χ4v) is 4.65. The first-order valence-corrected chi connectivity index (χ1v) is 11.4. The molecule has 1 aromatic carbocycles. The number of thioether (sulfide) groups is 1. The second kappa shape index (κ2) is 10.4. The van der Waals surface area contributed by atoms with E-state index in [2.05, 4.69) is 22.1 Å². The van der Waals surface area contributed by atoms with Crippen LogP contribution >= 0.6 is 11.8 Å². The van der Waals surface area contributed by atoms with Crippen LogP contribution in [-0.2, 0) is 17.5 Å². The molecule has 2 aromatic rings. The molecular formula is C21H24F3N5O3S. The third-order valence-electron chi connectivity index (χ3n) is 5.46. The summed E-state index contributed by atoms with van der Waals surface area (Å²) in [4.78, 5) is 22.6. The SMILES string of the molecule is C=CCn1c(S[C@H](C)C(=O)Nc2ccc([N+](=O)[O-])cc2C(F)(F)F)nnc1C1CCCCC1. The molecule has 178 valence electrons. The minimum Gasteiger partial charge on any atom is -0.325 e. The average Bonchev–Trinajstić information content (AvgIpc) is 3.16. The van der Waals surface area contributed by atoms with Gasteiger partial charge in [-0.05, 0) is 25.8 Å². The molecule has 0 spiro atoms. The number of allylic oxidation sites excluding steroid dienone is 1. The molecule has 1 heterocycles. The molecular weight excluding hydrogens is 459 g/mol. The van der Waals surface area contributed by atoms with Gasteiger partial charge in [0.15, 0.2) is 5.16 Å². The van der Waals surface area contributed by atoms with Crippen molar-refractivity contribution in [3.05, 3.63) is 52.4 Å². The van der Waals surface area contributed by atoms with Gasteiger partial charge < -0.3 is 9.88 Å². The molecule has 0 saturated heterocycles. The van der Waals surface area contributed by atoms with Gasteiger partial charge in [0, 0.05) is 24.6 Å². The maximum Gasteiger partial charge on any atom is 0.418 e. The number of nitrogens with one attached hydrogen (secondary N) is 1. The van der Waals surface area contributed by atoms with Crippen LogP contribution in [0.4, 0.5) is 24.5 Å². The minimum atomic E-state index is -4.87. The Morgan fingerprint density at radius 3 is 2.67 bits per heavy atom. The first-order chi connectivity index (χ1) is 15.6. The van der Waals surface area contributed by atoms with Gasteiger partial charge in [-0.25, -0.2) is 0 Å². The average molecular weight is 484 g/mol. The van der Waals surface area contributed by atoms with Gasteiger partial charge in [-0.1, -0.05) is 37.1 Å². The van der Waals surface area contributed by atoms with Crippen LogP contribution in [0.5, 0.6) is 0 Å². The number of hydrogen-bond donors (Lipinski definition) is 1. The zero-order valence-corrected chi connectivity index (χ0v) is 18.8. The number of carbonyl (C=O) groups is 1. The summed E-state index contributed by atoms with van der Waals surface area (Å²) in [6.07, 6.45) is 2.27. The van der Waals surface area contributed by atoms with Crippen molar-refractivity contribution in [2.45, 2.75) is 68.1 Å². The molecule has 8 nitrogen and oxygen atoms in total. The van der Waals surface area contributed by atoms with Crippen molar-refractivity contribution in [3.8, 4) is 0 Å². The van der Waals surface area contributed by atoms with Gasteiger partial charge in [0.05, 0.1) is 21.4 Å². The van der Waals surface area contributed by atoms with E-state index in [0.29, 0.717) is 17.8 Å². The number of alkyl halides is 3. The van der Waals surface area contributed by atoms with Gasteiger partial charge >= 0.3 is 6.18 Å². The van der Waals surface area contributed by atoms with Crippen molar-refractivity contribution < 1.29 is 22.9 Å². The number of carbonyl (C=O) groups excluding carboxylic acids is 1. The van der Waals surface area contributed by atoms with E-state index < -0.39 is 39.2 Å². The fourth-order valence-electron chi connectivity index (χ4n) is 3.79. The van der Waals surface area contributed by atoms with Gasteiger partial charge in [-0.2, -0.15) is 13.2 Å². The lowest BCUT2D eigenvalue weighted by molar-refractivity contribution is -0.385. The van der Waals surface area contributed by atoms with Gasteiger partial charge in [-0.3, -0.25) is 14.9 Å². The molecule has 1 N–H and O–H groups in total. The van der Waals surface area contributed by atoms with Gasteiger partial charge in [0.1, 0.15) is 5.82 Å². The summed E-state index contributed by atoms with van der Waals surface area (Å²) >= 11 is 1.08. The van der Waals surface area contributed by atoms with Crippen LogP contribution in [0.2, 0.25) is 0 Å². The second-order valence-electron chi connectivity index (χ2n) is 7.81. The number of nitrogens with zero attached hydrogens (tertiary/aromatic N) is 4. The van der Waals surface area contributed by atoms with Crippen LogP contribution in [0.1, 0.15) is 56.3 Å². The van der Waals surface area contributed by atoms with E-state index in [1.165, 1.54) is 6.42 Å². The van der Waals surface area contributed by atoms with Crippen molar-refractivity contribution in [2.24, 2.45) is 0 Å². The predicted molar refractivity (Wildman–Crippen MR) is 118 cm³/mol. The molecule has 0 radical (unpaired) electrons. The Morgan fingerprint density at radius 1 is 1.36 bits per heavy atom. The number of non-ortho nitro benzene ring substituents is 1. The quantitative estimate of drug-likeness (QED) is 0.228. The summed E-state index contributed by atoms with van der Waals surface area (Å²) in [7, 11) is 0. The largest absolute Gasteiger partial charge is 0.418 e. The third kappa shape index (κ3) is 5.92. The monoisotopic (exact) mass is 483 g/mol. The smallest absolute Gasteiger partial charge is 0.325 e. The molecule has 1 aromatic heterocycles. The van der Waals surface area contributed by atoms with Crippen LogP contribution in [0, 0.1) is 10.1 Å². The molecule has 0 bridgehead atoms. The Kier molecular flexibility index (Phi) is 7.77. The zero-order valence-electron chi connectivity index (χ0n) is 18.0.